The molecule has 1 aliphatic heterocycles. The van der Waals surface area contributed by atoms with Gasteiger partial charge in [0.25, 0.3) is 0 Å². The monoisotopic (exact) mass is 237 g/mol. The lowest BCUT2D eigenvalue weighted by Gasteiger charge is -2.07. The van der Waals surface area contributed by atoms with Crippen molar-refractivity contribution in [3.8, 4) is 0 Å². The second-order valence-corrected chi connectivity index (χ2v) is 4.84. The number of Topliss-reactive ketones (excluding diaryl/α,β-unsaturated/α-hetero) is 1. The fraction of sp³-hybridized carbons (Fsp3) is 0.462. The van der Waals surface area contributed by atoms with Gasteiger partial charge in [-0.3, -0.25) is 4.79 Å². The molecule has 1 heterocycles. The van der Waals surface area contributed by atoms with Crippen LogP contribution in [0.2, 0.25) is 5.02 Å². The van der Waals surface area contributed by atoms with E-state index in [4.69, 9.17) is 11.6 Å². The summed E-state index contributed by atoms with van der Waals surface area (Å²) in [6.45, 7) is 2.04. The van der Waals surface area contributed by atoms with Gasteiger partial charge in [0.05, 0.1) is 0 Å². The van der Waals surface area contributed by atoms with Crippen LogP contribution in [0.4, 0.5) is 0 Å². The number of halogens is 1. The van der Waals surface area contributed by atoms with E-state index in [0.29, 0.717) is 29.6 Å². The van der Waals surface area contributed by atoms with E-state index in [1.165, 1.54) is 0 Å². The van der Waals surface area contributed by atoms with E-state index in [1.807, 2.05) is 24.3 Å². The Morgan fingerprint density at radius 3 is 3.06 bits per heavy atom. The summed E-state index contributed by atoms with van der Waals surface area (Å²) in [7, 11) is 0. The lowest BCUT2D eigenvalue weighted by Crippen LogP contribution is -2.14. The first-order chi connectivity index (χ1) is 7.74. The van der Waals surface area contributed by atoms with Gasteiger partial charge in [-0.05, 0) is 43.1 Å². The minimum absolute atomic E-state index is 0.316. The van der Waals surface area contributed by atoms with Crippen molar-refractivity contribution in [1.82, 2.24) is 5.32 Å². The van der Waals surface area contributed by atoms with Gasteiger partial charge in [-0.15, -0.1) is 0 Å². The molecule has 0 radical (unpaired) electrons. The van der Waals surface area contributed by atoms with Crippen LogP contribution in [0.1, 0.15) is 18.4 Å². The van der Waals surface area contributed by atoms with Gasteiger partial charge in [-0.25, -0.2) is 0 Å². The average Bonchev–Trinajstić information content (AvgIpc) is 2.70. The second kappa shape index (κ2) is 5.46. The molecule has 1 saturated heterocycles. The number of hydrogen-bond donors (Lipinski definition) is 1. The van der Waals surface area contributed by atoms with E-state index in [0.717, 1.165) is 25.1 Å². The maximum absolute atomic E-state index is 11.8. The van der Waals surface area contributed by atoms with Crippen molar-refractivity contribution in [3.05, 3.63) is 34.9 Å². The van der Waals surface area contributed by atoms with Gasteiger partial charge in [0, 0.05) is 17.9 Å². The first-order valence-corrected chi connectivity index (χ1v) is 6.08. The Morgan fingerprint density at radius 2 is 2.38 bits per heavy atom. The maximum atomic E-state index is 11.8. The highest BCUT2D eigenvalue weighted by atomic mass is 35.5. The predicted octanol–water partition coefficient (Wildman–Crippen LogP) is 2.45. The van der Waals surface area contributed by atoms with Crippen molar-refractivity contribution in [2.75, 3.05) is 13.1 Å². The Morgan fingerprint density at radius 1 is 1.50 bits per heavy atom. The Kier molecular flexibility index (Phi) is 3.97. The van der Waals surface area contributed by atoms with Crippen LogP contribution in [-0.2, 0) is 11.2 Å². The Labute approximate surface area is 101 Å². The van der Waals surface area contributed by atoms with Gasteiger partial charge < -0.3 is 5.32 Å². The van der Waals surface area contributed by atoms with Crippen LogP contribution in [0.25, 0.3) is 0 Å². The van der Waals surface area contributed by atoms with Crippen LogP contribution in [0.15, 0.2) is 24.3 Å². The zero-order valence-corrected chi connectivity index (χ0v) is 9.96. The SMILES string of the molecule is O=C(Cc1cccc(Cl)c1)CC1CCNC1. The third kappa shape index (κ3) is 3.32. The molecule has 0 spiro atoms. The van der Waals surface area contributed by atoms with Crippen molar-refractivity contribution < 1.29 is 4.79 Å². The van der Waals surface area contributed by atoms with Gasteiger partial charge in [-0.2, -0.15) is 0 Å². The molecule has 3 heteroatoms. The highest BCUT2D eigenvalue weighted by Gasteiger charge is 2.17. The molecule has 0 amide bonds. The number of carbonyl (C=O) groups is 1. The van der Waals surface area contributed by atoms with Crippen LogP contribution in [0.3, 0.4) is 0 Å². The van der Waals surface area contributed by atoms with Crippen molar-refractivity contribution >= 4 is 17.4 Å². The molecule has 0 bridgehead atoms. The third-order valence-corrected chi connectivity index (χ3v) is 3.20. The molecule has 0 aliphatic carbocycles. The lowest BCUT2D eigenvalue weighted by atomic mass is 9.98. The van der Waals surface area contributed by atoms with E-state index in [1.54, 1.807) is 0 Å². The molecule has 2 rings (SSSR count). The highest BCUT2D eigenvalue weighted by Crippen LogP contribution is 2.16. The van der Waals surface area contributed by atoms with Crippen LogP contribution in [0, 0.1) is 5.92 Å². The number of nitrogens with one attached hydrogen (secondary N) is 1. The summed E-state index contributed by atoms with van der Waals surface area (Å²) in [6, 6.07) is 7.54. The maximum Gasteiger partial charge on any atom is 0.137 e. The molecular weight excluding hydrogens is 222 g/mol. The van der Waals surface area contributed by atoms with Crippen molar-refractivity contribution in [2.45, 2.75) is 19.3 Å². The smallest absolute Gasteiger partial charge is 0.137 e. The molecule has 2 nitrogen and oxygen atoms in total. The van der Waals surface area contributed by atoms with Crippen LogP contribution in [-0.4, -0.2) is 18.9 Å². The van der Waals surface area contributed by atoms with Gasteiger partial charge in [0.1, 0.15) is 5.78 Å². The van der Waals surface area contributed by atoms with Crippen LogP contribution in [0.5, 0.6) is 0 Å². The Hall–Kier alpha value is -0.860. The molecule has 0 saturated carbocycles. The van der Waals surface area contributed by atoms with Crippen molar-refractivity contribution in [1.29, 1.82) is 0 Å². The molecular formula is C13H16ClNO. The summed E-state index contributed by atoms with van der Waals surface area (Å²) in [5.74, 6) is 0.850. The van der Waals surface area contributed by atoms with E-state index in [9.17, 15) is 4.79 Å². The number of rotatable bonds is 4. The number of benzene rings is 1. The Balaban J connectivity index is 1.86. The molecule has 1 unspecified atom stereocenters. The van der Waals surface area contributed by atoms with E-state index in [2.05, 4.69) is 5.32 Å². The normalized spacial score (nSPS) is 19.9. The zero-order chi connectivity index (χ0) is 11.4. The predicted molar refractivity (Wildman–Crippen MR) is 65.8 cm³/mol. The average molecular weight is 238 g/mol. The molecule has 1 aromatic carbocycles. The number of ketones is 1. The third-order valence-electron chi connectivity index (χ3n) is 2.97. The molecule has 1 fully saturated rings. The number of hydrogen-bond acceptors (Lipinski definition) is 2. The van der Waals surface area contributed by atoms with Gasteiger partial charge >= 0.3 is 0 Å². The van der Waals surface area contributed by atoms with E-state index in [-0.39, 0.29) is 0 Å². The van der Waals surface area contributed by atoms with Crippen LogP contribution >= 0.6 is 11.6 Å². The highest BCUT2D eigenvalue weighted by molar-refractivity contribution is 6.30. The fourth-order valence-corrected chi connectivity index (χ4v) is 2.37. The molecule has 86 valence electrons. The summed E-state index contributed by atoms with van der Waals surface area (Å²) in [5.41, 5.74) is 1.02. The molecule has 1 N–H and O–H groups in total. The minimum atomic E-state index is 0.316. The minimum Gasteiger partial charge on any atom is -0.316 e. The molecule has 1 aliphatic rings. The van der Waals surface area contributed by atoms with Crippen molar-refractivity contribution in [2.24, 2.45) is 5.92 Å². The summed E-state index contributed by atoms with van der Waals surface area (Å²) in [5, 5.41) is 3.98. The largest absolute Gasteiger partial charge is 0.316 e. The number of carbonyl (C=O) groups excluding carboxylic acids is 1. The summed E-state index contributed by atoms with van der Waals surface area (Å²) in [6.07, 6.45) is 2.33. The fourth-order valence-electron chi connectivity index (χ4n) is 2.16. The summed E-state index contributed by atoms with van der Waals surface area (Å²) < 4.78 is 0. The quantitative estimate of drug-likeness (QED) is 0.872. The molecule has 16 heavy (non-hydrogen) atoms. The molecule has 1 atom stereocenters. The van der Waals surface area contributed by atoms with Crippen LogP contribution < -0.4 is 5.32 Å². The first-order valence-electron chi connectivity index (χ1n) is 5.71. The Bertz CT molecular complexity index is 372. The lowest BCUT2D eigenvalue weighted by molar-refractivity contribution is -0.119. The van der Waals surface area contributed by atoms with E-state index < -0.39 is 0 Å². The van der Waals surface area contributed by atoms with Gasteiger partial charge in [0.15, 0.2) is 0 Å². The van der Waals surface area contributed by atoms with Crippen molar-refractivity contribution in [3.63, 3.8) is 0 Å². The first kappa shape index (κ1) is 11.6. The van der Waals surface area contributed by atoms with E-state index >= 15 is 0 Å². The van der Waals surface area contributed by atoms with Gasteiger partial charge in [0.2, 0.25) is 0 Å². The standard InChI is InChI=1S/C13H16ClNO/c14-12-3-1-2-10(6-12)7-13(16)8-11-4-5-15-9-11/h1-3,6,11,15H,4-5,7-9H2. The zero-order valence-electron chi connectivity index (χ0n) is 9.21. The topological polar surface area (TPSA) is 29.1 Å². The molecule has 0 aromatic heterocycles. The summed E-state index contributed by atoms with van der Waals surface area (Å²) in [4.78, 5) is 11.8. The molecule has 1 aromatic rings. The second-order valence-electron chi connectivity index (χ2n) is 4.41. The van der Waals surface area contributed by atoms with Gasteiger partial charge in [-0.1, -0.05) is 23.7 Å². The summed E-state index contributed by atoms with van der Waals surface area (Å²) >= 11 is 5.88.